The van der Waals surface area contributed by atoms with Crippen LogP contribution in [-0.2, 0) is 21.2 Å². The van der Waals surface area contributed by atoms with Crippen molar-refractivity contribution in [3.63, 3.8) is 0 Å². The molecule has 0 spiro atoms. The van der Waals surface area contributed by atoms with Crippen molar-refractivity contribution in [2.24, 2.45) is 5.92 Å². The molecule has 1 aromatic heterocycles. The van der Waals surface area contributed by atoms with Crippen molar-refractivity contribution in [3.8, 4) is 5.75 Å². The van der Waals surface area contributed by atoms with Crippen LogP contribution in [0.2, 0.25) is 0 Å². The molecule has 1 amide bonds. The number of hydrogen-bond donors (Lipinski definition) is 0. The maximum Gasteiger partial charge on any atom is 0.243 e. The molecule has 240 valence electrons. The largest absolute Gasteiger partial charge is 0.494 e. The molecule has 0 radical (unpaired) electrons. The molecule has 1 aliphatic carbocycles. The van der Waals surface area contributed by atoms with E-state index in [1.807, 2.05) is 12.1 Å². The number of anilines is 1. The highest BCUT2D eigenvalue weighted by atomic mass is 32.2. The van der Waals surface area contributed by atoms with Crippen LogP contribution in [0.25, 0.3) is 11.0 Å². The fourth-order valence-electron chi connectivity index (χ4n) is 5.43. The van der Waals surface area contributed by atoms with Crippen molar-refractivity contribution < 1.29 is 27.2 Å². The van der Waals surface area contributed by atoms with Crippen molar-refractivity contribution in [2.45, 2.75) is 85.0 Å². The number of sulfonamides is 1. The van der Waals surface area contributed by atoms with Crippen molar-refractivity contribution in [3.05, 3.63) is 59.4 Å². The second-order valence-electron chi connectivity index (χ2n) is 11.9. The number of amides is 1. The van der Waals surface area contributed by atoms with E-state index >= 15 is 0 Å². The van der Waals surface area contributed by atoms with Crippen LogP contribution in [0.3, 0.4) is 0 Å². The van der Waals surface area contributed by atoms with Crippen LogP contribution in [0.15, 0.2) is 46.9 Å². The molecule has 4 rings (SSSR count). The summed E-state index contributed by atoms with van der Waals surface area (Å²) in [7, 11) is -3.86. The first-order valence-electron chi connectivity index (χ1n) is 16.3. The van der Waals surface area contributed by atoms with E-state index in [1.165, 1.54) is 25.7 Å². The smallest absolute Gasteiger partial charge is 0.243 e. The van der Waals surface area contributed by atoms with Gasteiger partial charge < -0.3 is 14.1 Å². The van der Waals surface area contributed by atoms with Crippen LogP contribution in [0.1, 0.15) is 100 Å². The first-order chi connectivity index (χ1) is 21.2. The van der Waals surface area contributed by atoms with Gasteiger partial charge in [-0.05, 0) is 94.1 Å². The van der Waals surface area contributed by atoms with Gasteiger partial charge in [-0.3, -0.25) is 9.59 Å². The maximum atomic E-state index is 13.9. The van der Waals surface area contributed by atoms with Crippen LogP contribution in [0.4, 0.5) is 5.69 Å². The molecule has 9 heteroatoms. The van der Waals surface area contributed by atoms with Crippen molar-refractivity contribution in [1.29, 1.82) is 0 Å². The Bertz CT molecular complexity index is 1500. The van der Waals surface area contributed by atoms with E-state index in [9.17, 15) is 18.0 Å². The summed E-state index contributed by atoms with van der Waals surface area (Å²) in [4.78, 5) is 29.4. The molecule has 0 bridgehead atoms. The Morgan fingerprint density at radius 3 is 2.11 bits per heavy atom. The molecule has 2 aromatic carbocycles. The fraction of sp³-hybridized carbons (Fsp3) is 0.543. The average molecular weight is 625 g/mol. The van der Waals surface area contributed by atoms with Gasteiger partial charge in [-0.2, -0.15) is 0 Å². The predicted molar refractivity (Wildman–Crippen MR) is 176 cm³/mol. The van der Waals surface area contributed by atoms with Crippen molar-refractivity contribution in [2.75, 3.05) is 36.8 Å². The number of nitrogens with zero attached hydrogens (tertiary/aromatic N) is 2. The van der Waals surface area contributed by atoms with Crippen LogP contribution in [-0.4, -0.2) is 57.5 Å². The first-order valence-corrected chi connectivity index (χ1v) is 18.1. The summed E-state index contributed by atoms with van der Waals surface area (Å²) in [6.07, 6.45) is 10.5. The van der Waals surface area contributed by atoms with Gasteiger partial charge in [-0.25, -0.2) is 12.7 Å². The van der Waals surface area contributed by atoms with Crippen LogP contribution in [0, 0.1) is 5.92 Å². The third-order valence-corrected chi connectivity index (χ3v) is 9.14. The fourth-order valence-corrected chi connectivity index (χ4v) is 6.40. The molecule has 3 aromatic rings. The average Bonchev–Trinajstić information content (AvgIpc) is 3.79. The van der Waals surface area contributed by atoms with Gasteiger partial charge in [0.2, 0.25) is 15.9 Å². The highest BCUT2D eigenvalue weighted by Crippen LogP contribution is 2.37. The summed E-state index contributed by atoms with van der Waals surface area (Å²) < 4.78 is 38.4. The molecule has 44 heavy (non-hydrogen) atoms. The van der Waals surface area contributed by atoms with Gasteiger partial charge in [-0.15, -0.1) is 0 Å². The first kappa shape index (κ1) is 33.7. The van der Waals surface area contributed by atoms with E-state index in [1.54, 1.807) is 30.3 Å². The quantitative estimate of drug-likeness (QED) is 0.101. The second kappa shape index (κ2) is 15.7. The third kappa shape index (κ3) is 8.72. The standard InChI is InChI=1S/C35H48N2O6S/c1-5-8-12-32-33(30-25-28(17-20-31(30)43-32)37(44(4,40)41)35(39)27-13-14-27)34(38)26-15-18-29(19-16-26)42-24-11-23-36(21-9-6-2)22-10-7-3/h15-20,25,27H,5-14,21-24H2,1-4H3. The van der Waals surface area contributed by atoms with E-state index in [0.717, 1.165) is 49.5 Å². The molecule has 1 aliphatic rings. The van der Waals surface area contributed by atoms with E-state index in [-0.39, 0.29) is 17.4 Å². The predicted octanol–water partition coefficient (Wildman–Crippen LogP) is 7.38. The lowest BCUT2D eigenvalue weighted by Crippen LogP contribution is -2.37. The summed E-state index contributed by atoms with van der Waals surface area (Å²) in [5, 5.41) is 0.506. The number of ether oxygens (including phenoxy) is 1. The van der Waals surface area contributed by atoms with E-state index in [0.29, 0.717) is 59.5 Å². The zero-order valence-corrected chi connectivity index (χ0v) is 27.6. The van der Waals surface area contributed by atoms with E-state index in [2.05, 4.69) is 25.7 Å². The molecular formula is C35H48N2O6S. The molecule has 8 nitrogen and oxygen atoms in total. The van der Waals surface area contributed by atoms with Gasteiger partial charge in [-0.1, -0.05) is 40.0 Å². The normalized spacial score (nSPS) is 13.5. The van der Waals surface area contributed by atoms with E-state index in [4.69, 9.17) is 9.15 Å². The number of fused-ring (bicyclic) bond motifs is 1. The van der Waals surface area contributed by atoms with E-state index < -0.39 is 15.9 Å². The molecule has 0 atom stereocenters. The minimum Gasteiger partial charge on any atom is -0.494 e. The topological polar surface area (TPSA) is 97.1 Å². The zero-order chi connectivity index (χ0) is 31.7. The van der Waals surface area contributed by atoms with Crippen molar-refractivity contribution >= 4 is 38.4 Å². The number of furan rings is 1. The maximum absolute atomic E-state index is 13.9. The molecular weight excluding hydrogens is 576 g/mol. The summed E-state index contributed by atoms with van der Waals surface area (Å²) in [5.74, 6) is 0.357. The minimum atomic E-state index is -3.86. The molecule has 0 N–H and O–H groups in total. The van der Waals surface area contributed by atoms with Gasteiger partial charge >= 0.3 is 0 Å². The number of unbranched alkanes of at least 4 members (excludes halogenated alkanes) is 3. The second-order valence-corrected chi connectivity index (χ2v) is 13.8. The van der Waals surface area contributed by atoms with Gasteiger partial charge in [0.15, 0.2) is 5.78 Å². The summed E-state index contributed by atoms with van der Waals surface area (Å²) in [5.41, 5.74) is 1.61. The third-order valence-electron chi connectivity index (χ3n) is 8.08. The monoisotopic (exact) mass is 624 g/mol. The Labute approximate surface area is 262 Å². The Morgan fingerprint density at radius 1 is 0.886 bits per heavy atom. The highest BCUT2D eigenvalue weighted by Gasteiger charge is 2.38. The number of aryl methyl sites for hydroxylation is 1. The SMILES string of the molecule is CCCCc1oc2ccc(N(C(=O)C3CC3)S(C)(=O)=O)cc2c1C(=O)c1ccc(OCCCN(CCCC)CCCC)cc1. The van der Waals surface area contributed by atoms with Crippen LogP contribution in [0.5, 0.6) is 5.75 Å². The van der Waals surface area contributed by atoms with Gasteiger partial charge in [0.1, 0.15) is 17.1 Å². The molecule has 0 unspecified atom stereocenters. The number of ketones is 1. The molecule has 0 aliphatic heterocycles. The zero-order valence-electron chi connectivity index (χ0n) is 26.8. The summed E-state index contributed by atoms with van der Waals surface area (Å²) in [6.45, 7) is 10.4. The summed E-state index contributed by atoms with van der Waals surface area (Å²) >= 11 is 0. The number of rotatable bonds is 19. The van der Waals surface area contributed by atoms with Crippen molar-refractivity contribution in [1.82, 2.24) is 4.90 Å². The minimum absolute atomic E-state index is 0.208. The molecule has 0 saturated heterocycles. The molecule has 1 saturated carbocycles. The van der Waals surface area contributed by atoms with Gasteiger partial charge in [0, 0.05) is 29.8 Å². The Kier molecular flexibility index (Phi) is 12.0. The Balaban J connectivity index is 1.53. The number of carbonyl (C=O) groups excluding carboxylic acids is 2. The lowest BCUT2D eigenvalue weighted by Gasteiger charge is -2.21. The Morgan fingerprint density at radius 2 is 1.52 bits per heavy atom. The molecule has 1 fully saturated rings. The molecule has 1 heterocycles. The lowest BCUT2D eigenvalue weighted by molar-refractivity contribution is -0.118. The summed E-state index contributed by atoms with van der Waals surface area (Å²) in [6, 6.07) is 12.0. The Hall–Kier alpha value is -3.17. The number of benzene rings is 2. The van der Waals surface area contributed by atoms with Gasteiger partial charge in [0.05, 0.1) is 24.1 Å². The number of carbonyl (C=O) groups is 2. The lowest BCUT2D eigenvalue weighted by atomic mass is 9.98. The van der Waals surface area contributed by atoms with Crippen LogP contribution >= 0.6 is 0 Å². The van der Waals surface area contributed by atoms with Gasteiger partial charge in [0.25, 0.3) is 0 Å². The highest BCUT2D eigenvalue weighted by molar-refractivity contribution is 7.92. The van der Waals surface area contributed by atoms with Crippen LogP contribution < -0.4 is 9.04 Å². The number of hydrogen-bond acceptors (Lipinski definition) is 7.